The van der Waals surface area contributed by atoms with Crippen LogP contribution in [0.15, 0.2) is 15.9 Å². The molecule has 0 radical (unpaired) electrons. The third kappa shape index (κ3) is 3.53. The number of hydrogen-bond acceptors (Lipinski definition) is 3. The van der Waals surface area contributed by atoms with Gasteiger partial charge >= 0.3 is 0 Å². The fourth-order valence-corrected chi connectivity index (χ4v) is 3.84. The highest BCUT2D eigenvalue weighted by Crippen LogP contribution is 2.37. The van der Waals surface area contributed by atoms with Crippen LogP contribution in [-0.2, 0) is 0 Å². The van der Waals surface area contributed by atoms with Crippen molar-refractivity contribution in [2.24, 2.45) is 5.73 Å². The molecule has 0 saturated heterocycles. The summed E-state index contributed by atoms with van der Waals surface area (Å²) in [5.41, 5.74) is 6.00. The van der Waals surface area contributed by atoms with Crippen LogP contribution in [0.4, 0.5) is 0 Å². The second-order valence-electron chi connectivity index (χ2n) is 4.74. The molecular weight excluding hydrogens is 296 g/mol. The summed E-state index contributed by atoms with van der Waals surface area (Å²) in [6.07, 6.45) is 5.24. The molecule has 0 aromatic carbocycles. The van der Waals surface area contributed by atoms with Gasteiger partial charge < -0.3 is 5.73 Å². The summed E-state index contributed by atoms with van der Waals surface area (Å²) in [5.74, 6) is 0. The molecule has 0 spiro atoms. The van der Waals surface area contributed by atoms with Gasteiger partial charge in [0.05, 0.1) is 6.04 Å². The van der Waals surface area contributed by atoms with Crippen LogP contribution in [0.5, 0.6) is 0 Å². The van der Waals surface area contributed by atoms with Crippen molar-refractivity contribution >= 4 is 27.3 Å². The molecule has 2 nitrogen and oxygen atoms in total. The van der Waals surface area contributed by atoms with Gasteiger partial charge in [0.25, 0.3) is 0 Å². The summed E-state index contributed by atoms with van der Waals surface area (Å²) in [6.45, 7) is 4.18. The minimum Gasteiger partial charge on any atom is -0.329 e. The number of nitrogens with two attached hydrogens (primary N) is 1. The average Bonchev–Trinajstić information content (AvgIpc) is 3.08. The lowest BCUT2D eigenvalue weighted by atomic mass is 10.1. The summed E-state index contributed by atoms with van der Waals surface area (Å²) in [4.78, 5) is 4.03. The summed E-state index contributed by atoms with van der Waals surface area (Å²) < 4.78 is 1.18. The molecule has 0 amide bonds. The molecule has 17 heavy (non-hydrogen) atoms. The van der Waals surface area contributed by atoms with Crippen molar-refractivity contribution in [2.45, 2.75) is 44.7 Å². The van der Waals surface area contributed by atoms with Crippen molar-refractivity contribution in [2.75, 3.05) is 13.1 Å². The van der Waals surface area contributed by atoms with Crippen molar-refractivity contribution in [1.29, 1.82) is 0 Å². The van der Waals surface area contributed by atoms with E-state index in [-0.39, 0.29) is 0 Å². The predicted octanol–water partition coefficient (Wildman–Crippen LogP) is 3.77. The topological polar surface area (TPSA) is 29.3 Å². The molecule has 96 valence electrons. The van der Waals surface area contributed by atoms with E-state index in [4.69, 9.17) is 5.73 Å². The summed E-state index contributed by atoms with van der Waals surface area (Å²) in [6, 6.07) is 3.44. The van der Waals surface area contributed by atoms with Gasteiger partial charge in [-0.3, -0.25) is 4.90 Å². The van der Waals surface area contributed by atoms with E-state index >= 15 is 0 Å². The fraction of sp³-hybridized carbons (Fsp3) is 0.692. The van der Waals surface area contributed by atoms with E-state index in [0.29, 0.717) is 6.04 Å². The van der Waals surface area contributed by atoms with E-state index in [1.807, 2.05) is 11.3 Å². The van der Waals surface area contributed by atoms with Gasteiger partial charge in [-0.15, -0.1) is 11.3 Å². The minimum atomic E-state index is 0.422. The normalized spacial score (nSPS) is 17.6. The molecular formula is C13H21BrN2S. The van der Waals surface area contributed by atoms with Crippen LogP contribution in [-0.4, -0.2) is 24.0 Å². The Morgan fingerprint density at radius 2 is 2.35 bits per heavy atom. The molecule has 1 saturated carbocycles. The molecule has 1 aromatic rings. The Hall–Kier alpha value is 0.1000. The number of nitrogens with zero attached hydrogens (tertiary/aromatic N) is 1. The number of hydrogen-bond donors (Lipinski definition) is 1. The first-order chi connectivity index (χ1) is 8.26. The molecule has 1 unspecified atom stereocenters. The highest BCUT2D eigenvalue weighted by Gasteiger charge is 2.34. The molecule has 1 heterocycles. The zero-order chi connectivity index (χ0) is 12.3. The Morgan fingerprint density at radius 1 is 1.59 bits per heavy atom. The molecule has 1 fully saturated rings. The van der Waals surface area contributed by atoms with Crippen LogP contribution in [0, 0.1) is 0 Å². The van der Waals surface area contributed by atoms with Gasteiger partial charge in [-0.2, -0.15) is 0 Å². The molecule has 1 aromatic heterocycles. The molecule has 2 N–H and O–H groups in total. The zero-order valence-electron chi connectivity index (χ0n) is 10.4. The maximum atomic E-state index is 6.00. The highest BCUT2D eigenvalue weighted by molar-refractivity contribution is 9.10. The summed E-state index contributed by atoms with van der Waals surface area (Å²) in [7, 11) is 0. The zero-order valence-corrected chi connectivity index (χ0v) is 12.8. The first-order valence-electron chi connectivity index (χ1n) is 6.46. The minimum absolute atomic E-state index is 0.422. The lowest BCUT2D eigenvalue weighted by Crippen LogP contribution is -2.35. The van der Waals surface area contributed by atoms with E-state index in [9.17, 15) is 0 Å². The monoisotopic (exact) mass is 316 g/mol. The third-order valence-electron chi connectivity index (χ3n) is 3.33. The molecule has 2 rings (SSSR count). The lowest BCUT2D eigenvalue weighted by molar-refractivity contribution is 0.191. The number of unbranched alkanes of at least 4 members (excludes halogenated alkanes) is 1. The van der Waals surface area contributed by atoms with Gasteiger partial charge in [0, 0.05) is 27.3 Å². The summed E-state index contributed by atoms with van der Waals surface area (Å²) in [5, 5.41) is 2.16. The second-order valence-corrected chi connectivity index (χ2v) is 6.60. The average molecular weight is 317 g/mol. The SMILES string of the molecule is CCCCN(C1CC1)C(CN)c1cc(Br)cs1. The second kappa shape index (κ2) is 6.32. The first-order valence-corrected chi connectivity index (χ1v) is 8.13. The maximum Gasteiger partial charge on any atom is 0.0567 e. The van der Waals surface area contributed by atoms with Crippen LogP contribution >= 0.6 is 27.3 Å². The van der Waals surface area contributed by atoms with Crippen molar-refractivity contribution in [3.8, 4) is 0 Å². The van der Waals surface area contributed by atoms with Crippen LogP contribution in [0.1, 0.15) is 43.5 Å². The maximum absolute atomic E-state index is 6.00. The Morgan fingerprint density at radius 3 is 2.82 bits per heavy atom. The van der Waals surface area contributed by atoms with Crippen molar-refractivity contribution in [3.05, 3.63) is 20.8 Å². The summed E-state index contributed by atoms with van der Waals surface area (Å²) >= 11 is 5.36. The molecule has 4 heteroatoms. The molecule has 1 aliphatic rings. The third-order valence-corrected chi connectivity index (χ3v) is 5.12. The van der Waals surface area contributed by atoms with Crippen molar-refractivity contribution in [1.82, 2.24) is 4.90 Å². The number of thiophene rings is 1. The number of halogens is 1. The Kier molecular flexibility index (Phi) is 5.03. The van der Waals surface area contributed by atoms with E-state index in [2.05, 4.69) is 39.2 Å². The van der Waals surface area contributed by atoms with Gasteiger partial charge in [0.2, 0.25) is 0 Å². The molecule has 0 aliphatic heterocycles. The van der Waals surface area contributed by atoms with Crippen LogP contribution in [0.2, 0.25) is 0 Å². The van der Waals surface area contributed by atoms with Crippen LogP contribution in [0.3, 0.4) is 0 Å². The van der Waals surface area contributed by atoms with Crippen molar-refractivity contribution in [3.63, 3.8) is 0 Å². The Bertz CT molecular complexity index is 349. The Balaban J connectivity index is 2.08. The van der Waals surface area contributed by atoms with Crippen LogP contribution in [0.25, 0.3) is 0 Å². The molecule has 1 aliphatic carbocycles. The standard InChI is InChI=1S/C13H21BrN2S/c1-2-3-6-16(11-4-5-11)12(8-15)13-7-10(14)9-17-13/h7,9,11-12H,2-6,8,15H2,1H3. The van der Waals surface area contributed by atoms with E-state index in [0.717, 1.165) is 12.6 Å². The van der Waals surface area contributed by atoms with Crippen LogP contribution < -0.4 is 5.73 Å². The number of rotatable bonds is 7. The van der Waals surface area contributed by atoms with Gasteiger partial charge in [0.1, 0.15) is 0 Å². The Labute approximate surface area is 116 Å². The van der Waals surface area contributed by atoms with Gasteiger partial charge in [0.15, 0.2) is 0 Å². The van der Waals surface area contributed by atoms with Gasteiger partial charge in [-0.05, 0) is 47.8 Å². The van der Waals surface area contributed by atoms with E-state index < -0.39 is 0 Å². The van der Waals surface area contributed by atoms with E-state index in [1.165, 1.54) is 41.6 Å². The molecule has 0 bridgehead atoms. The quantitative estimate of drug-likeness (QED) is 0.829. The highest BCUT2D eigenvalue weighted by atomic mass is 79.9. The predicted molar refractivity (Wildman–Crippen MR) is 78.5 cm³/mol. The van der Waals surface area contributed by atoms with Gasteiger partial charge in [-0.1, -0.05) is 13.3 Å². The lowest BCUT2D eigenvalue weighted by Gasteiger charge is -2.30. The van der Waals surface area contributed by atoms with Crippen molar-refractivity contribution < 1.29 is 0 Å². The molecule has 1 atom stereocenters. The van der Waals surface area contributed by atoms with E-state index in [1.54, 1.807) is 0 Å². The first kappa shape index (κ1) is 13.5. The smallest absolute Gasteiger partial charge is 0.0567 e. The fourth-order valence-electron chi connectivity index (χ4n) is 2.26. The largest absolute Gasteiger partial charge is 0.329 e. The van der Waals surface area contributed by atoms with Gasteiger partial charge in [-0.25, -0.2) is 0 Å².